The molecule has 0 saturated heterocycles. The second kappa shape index (κ2) is 10.7. The molecule has 9 heteroatoms. The van der Waals surface area contributed by atoms with Crippen molar-refractivity contribution in [3.63, 3.8) is 0 Å². The van der Waals surface area contributed by atoms with Crippen molar-refractivity contribution in [2.24, 2.45) is 0 Å². The fourth-order valence-corrected chi connectivity index (χ4v) is 4.66. The van der Waals surface area contributed by atoms with Gasteiger partial charge in [0, 0.05) is 23.3 Å². The van der Waals surface area contributed by atoms with Crippen molar-refractivity contribution in [1.29, 1.82) is 0 Å². The molecule has 0 heterocycles. The molecule has 0 bridgehead atoms. The van der Waals surface area contributed by atoms with Crippen LogP contribution in [-0.2, 0) is 21.4 Å². The van der Waals surface area contributed by atoms with Crippen molar-refractivity contribution in [1.82, 2.24) is 4.31 Å². The van der Waals surface area contributed by atoms with Gasteiger partial charge < -0.3 is 14.8 Å². The molecule has 0 radical (unpaired) electrons. The van der Waals surface area contributed by atoms with Crippen LogP contribution in [0.1, 0.15) is 11.1 Å². The first-order chi connectivity index (χ1) is 15.7. The molecule has 0 fully saturated rings. The van der Waals surface area contributed by atoms with Crippen molar-refractivity contribution < 1.29 is 22.7 Å². The van der Waals surface area contributed by atoms with Gasteiger partial charge in [-0.05, 0) is 48.9 Å². The fourth-order valence-electron chi connectivity index (χ4n) is 3.15. The average Bonchev–Trinajstić information content (AvgIpc) is 2.80. The number of sulfonamides is 1. The molecule has 0 spiro atoms. The molecule has 3 rings (SSSR count). The zero-order valence-electron chi connectivity index (χ0n) is 18.5. The summed E-state index contributed by atoms with van der Waals surface area (Å²) in [4.78, 5) is 12.9. The number of hydrogen-bond acceptors (Lipinski definition) is 5. The standard InChI is InChI=1S/C24H25ClN2O5S/c1-17-4-6-18(7-5-17)15-27(33(29,30)21-11-8-19(25)9-12-21)16-24(28)26-20-10-13-22(31-2)23(14-20)32-3/h4-14H,15-16H2,1-3H3,(H,26,28). The van der Waals surface area contributed by atoms with Crippen molar-refractivity contribution in [3.05, 3.63) is 82.9 Å². The zero-order chi connectivity index (χ0) is 24.0. The minimum Gasteiger partial charge on any atom is -0.493 e. The lowest BCUT2D eigenvalue weighted by molar-refractivity contribution is -0.116. The minimum atomic E-state index is -3.97. The number of methoxy groups -OCH3 is 2. The maximum atomic E-state index is 13.4. The highest BCUT2D eigenvalue weighted by atomic mass is 35.5. The van der Waals surface area contributed by atoms with Gasteiger partial charge in [0.15, 0.2) is 11.5 Å². The summed E-state index contributed by atoms with van der Waals surface area (Å²) in [5.74, 6) is 0.467. The first-order valence-corrected chi connectivity index (χ1v) is 11.9. The Labute approximate surface area is 198 Å². The maximum Gasteiger partial charge on any atom is 0.243 e. The molecule has 0 unspecified atom stereocenters. The third-order valence-corrected chi connectivity index (χ3v) is 6.98. The largest absolute Gasteiger partial charge is 0.493 e. The van der Waals surface area contributed by atoms with Gasteiger partial charge in [-0.25, -0.2) is 8.42 Å². The summed E-state index contributed by atoms with van der Waals surface area (Å²) >= 11 is 5.92. The summed E-state index contributed by atoms with van der Waals surface area (Å²) in [7, 11) is -0.962. The molecule has 0 atom stereocenters. The summed E-state index contributed by atoms with van der Waals surface area (Å²) in [6.07, 6.45) is 0. The number of rotatable bonds is 9. The van der Waals surface area contributed by atoms with E-state index >= 15 is 0 Å². The van der Waals surface area contributed by atoms with Crippen LogP contribution in [-0.4, -0.2) is 39.4 Å². The Hall–Kier alpha value is -3.07. The molecule has 33 heavy (non-hydrogen) atoms. The number of nitrogens with one attached hydrogen (secondary N) is 1. The van der Waals surface area contributed by atoms with Crippen LogP contribution in [0.4, 0.5) is 5.69 Å². The first kappa shape index (κ1) is 24.6. The monoisotopic (exact) mass is 488 g/mol. The van der Waals surface area contributed by atoms with Crippen LogP contribution in [0.2, 0.25) is 5.02 Å². The smallest absolute Gasteiger partial charge is 0.243 e. The summed E-state index contributed by atoms with van der Waals surface area (Å²) in [5, 5.41) is 3.15. The van der Waals surface area contributed by atoms with E-state index in [2.05, 4.69) is 5.32 Å². The molecule has 7 nitrogen and oxygen atoms in total. The number of carbonyl (C=O) groups excluding carboxylic acids is 1. The number of aryl methyl sites for hydroxylation is 1. The van der Waals surface area contributed by atoms with Crippen molar-refractivity contribution in [2.75, 3.05) is 26.1 Å². The number of halogens is 1. The van der Waals surface area contributed by atoms with Gasteiger partial charge in [0.1, 0.15) is 0 Å². The molecule has 0 aromatic heterocycles. The lowest BCUT2D eigenvalue weighted by Gasteiger charge is -2.22. The van der Waals surface area contributed by atoms with E-state index in [0.717, 1.165) is 15.4 Å². The summed E-state index contributed by atoms with van der Waals surface area (Å²) in [6, 6.07) is 18.2. The molecular formula is C24H25ClN2O5S. The van der Waals surface area contributed by atoms with Crippen LogP contribution in [0.15, 0.2) is 71.6 Å². The molecule has 0 aliphatic rings. The average molecular weight is 489 g/mol. The number of amides is 1. The number of hydrogen-bond donors (Lipinski definition) is 1. The Morgan fingerprint density at radius 3 is 2.18 bits per heavy atom. The van der Waals surface area contributed by atoms with Crippen LogP contribution in [0.25, 0.3) is 0 Å². The van der Waals surface area contributed by atoms with Gasteiger partial charge >= 0.3 is 0 Å². The summed E-state index contributed by atoms with van der Waals surface area (Å²) in [6.45, 7) is 1.60. The van der Waals surface area contributed by atoms with Gasteiger partial charge in [0.25, 0.3) is 0 Å². The number of benzene rings is 3. The van der Waals surface area contributed by atoms with E-state index in [-0.39, 0.29) is 18.0 Å². The molecule has 3 aromatic rings. The molecule has 0 aliphatic carbocycles. The third-order valence-electron chi connectivity index (χ3n) is 4.92. The van der Waals surface area contributed by atoms with Gasteiger partial charge in [0.2, 0.25) is 15.9 Å². The first-order valence-electron chi connectivity index (χ1n) is 10.1. The van der Waals surface area contributed by atoms with E-state index in [1.165, 1.54) is 38.5 Å². The third kappa shape index (κ3) is 6.25. The van der Waals surface area contributed by atoms with Gasteiger partial charge in [0.05, 0.1) is 25.7 Å². The molecule has 1 N–H and O–H groups in total. The quantitative estimate of drug-likeness (QED) is 0.479. The van der Waals surface area contributed by atoms with Crippen LogP contribution in [0.5, 0.6) is 11.5 Å². The van der Waals surface area contributed by atoms with E-state index in [0.29, 0.717) is 22.2 Å². The SMILES string of the molecule is COc1ccc(NC(=O)CN(Cc2ccc(C)cc2)S(=O)(=O)c2ccc(Cl)cc2)cc1OC. The number of anilines is 1. The van der Waals surface area contributed by atoms with Crippen LogP contribution < -0.4 is 14.8 Å². The fraction of sp³-hybridized carbons (Fsp3) is 0.208. The predicted octanol–water partition coefficient (Wildman–Crippen LogP) is 4.50. The van der Waals surface area contributed by atoms with Gasteiger partial charge in [-0.1, -0.05) is 41.4 Å². The van der Waals surface area contributed by atoms with Gasteiger partial charge in [-0.3, -0.25) is 4.79 Å². The molecule has 0 aliphatic heterocycles. The Balaban J connectivity index is 1.86. The Bertz CT molecular complexity index is 1210. The highest BCUT2D eigenvalue weighted by Gasteiger charge is 2.27. The molecule has 3 aromatic carbocycles. The summed E-state index contributed by atoms with van der Waals surface area (Å²) < 4.78 is 38.3. The van der Waals surface area contributed by atoms with E-state index in [9.17, 15) is 13.2 Å². The van der Waals surface area contributed by atoms with Gasteiger partial charge in [-0.15, -0.1) is 0 Å². The van der Waals surface area contributed by atoms with Crippen LogP contribution in [0.3, 0.4) is 0 Å². The van der Waals surface area contributed by atoms with Crippen molar-refractivity contribution in [2.45, 2.75) is 18.4 Å². The Morgan fingerprint density at radius 1 is 0.939 bits per heavy atom. The van der Waals surface area contributed by atoms with Crippen molar-refractivity contribution >= 4 is 33.2 Å². The summed E-state index contributed by atoms with van der Waals surface area (Å²) in [5.41, 5.74) is 2.27. The zero-order valence-corrected chi connectivity index (χ0v) is 20.1. The van der Waals surface area contributed by atoms with E-state index < -0.39 is 15.9 Å². The maximum absolute atomic E-state index is 13.4. The number of nitrogens with zero attached hydrogens (tertiary/aromatic N) is 1. The van der Waals surface area contributed by atoms with Crippen LogP contribution in [0, 0.1) is 6.92 Å². The Kier molecular flexibility index (Phi) is 7.97. The van der Waals surface area contributed by atoms with Crippen molar-refractivity contribution in [3.8, 4) is 11.5 Å². The minimum absolute atomic E-state index is 0.0323. The van der Waals surface area contributed by atoms with E-state index in [1.54, 1.807) is 18.2 Å². The van der Waals surface area contributed by atoms with Crippen LogP contribution >= 0.6 is 11.6 Å². The second-order valence-corrected chi connectivity index (χ2v) is 9.70. The predicted molar refractivity (Wildman–Crippen MR) is 128 cm³/mol. The lowest BCUT2D eigenvalue weighted by Crippen LogP contribution is -2.37. The van der Waals surface area contributed by atoms with Gasteiger partial charge in [-0.2, -0.15) is 4.31 Å². The van der Waals surface area contributed by atoms with E-state index in [1.807, 2.05) is 31.2 Å². The molecule has 174 valence electrons. The number of carbonyl (C=O) groups is 1. The molecule has 1 amide bonds. The molecular weight excluding hydrogens is 464 g/mol. The highest BCUT2D eigenvalue weighted by Crippen LogP contribution is 2.30. The normalized spacial score (nSPS) is 11.3. The topological polar surface area (TPSA) is 84.9 Å². The number of ether oxygens (including phenoxy) is 2. The van der Waals surface area contributed by atoms with E-state index in [4.69, 9.17) is 21.1 Å². The Morgan fingerprint density at radius 2 is 1.58 bits per heavy atom. The second-order valence-electron chi connectivity index (χ2n) is 7.33. The molecule has 0 saturated carbocycles. The lowest BCUT2D eigenvalue weighted by atomic mass is 10.1. The highest BCUT2D eigenvalue weighted by molar-refractivity contribution is 7.89.